The van der Waals surface area contributed by atoms with Crippen LogP contribution in [0.5, 0.6) is 0 Å². The van der Waals surface area contributed by atoms with E-state index in [0.29, 0.717) is 11.1 Å². The first-order chi connectivity index (χ1) is 11.3. The van der Waals surface area contributed by atoms with Gasteiger partial charge in [-0.1, -0.05) is 24.3 Å². The zero-order valence-electron chi connectivity index (χ0n) is 12.6. The highest BCUT2D eigenvalue weighted by atomic mass is 16.5. The number of benzene rings is 2. The lowest BCUT2D eigenvalue weighted by molar-refractivity contribution is 0.399. The molecule has 0 spiro atoms. The molecule has 0 fully saturated rings. The third-order valence-corrected chi connectivity index (χ3v) is 3.22. The molecule has 0 aromatic heterocycles. The van der Waals surface area contributed by atoms with Crippen molar-refractivity contribution in [1.82, 2.24) is 0 Å². The number of nitriles is 2. The second-order valence-corrected chi connectivity index (χ2v) is 4.91. The molecule has 3 nitrogen and oxygen atoms in total. The van der Waals surface area contributed by atoms with Crippen molar-refractivity contribution in [2.45, 2.75) is 12.8 Å². The van der Waals surface area contributed by atoms with Gasteiger partial charge in [0.1, 0.15) is 0 Å². The molecule has 2 aromatic carbocycles. The monoisotopic (exact) mass is 300 g/mol. The molecule has 0 unspecified atom stereocenters. The SMILES string of the molecule is N#Cc1ccc(CC=COC=CCc2ccc(C#N)cc2)cc1. The van der Waals surface area contributed by atoms with Crippen molar-refractivity contribution in [2.75, 3.05) is 0 Å². The van der Waals surface area contributed by atoms with Crippen molar-refractivity contribution < 1.29 is 4.74 Å². The van der Waals surface area contributed by atoms with Crippen LogP contribution in [-0.4, -0.2) is 0 Å². The lowest BCUT2D eigenvalue weighted by atomic mass is 10.1. The van der Waals surface area contributed by atoms with Gasteiger partial charge in [0.05, 0.1) is 35.8 Å². The molecule has 0 aliphatic carbocycles. The van der Waals surface area contributed by atoms with Gasteiger partial charge in [0, 0.05) is 0 Å². The van der Waals surface area contributed by atoms with E-state index < -0.39 is 0 Å². The summed E-state index contributed by atoms with van der Waals surface area (Å²) in [6.45, 7) is 0. The van der Waals surface area contributed by atoms with E-state index >= 15 is 0 Å². The highest BCUT2D eigenvalue weighted by Gasteiger charge is 1.92. The predicted molar refractivity (Wildman–Crippen MR) is 89.1 cm³/mol. The smallest absolute Gasteiger partial charge is 0.0991 e. The van der Waals surface area contributed by atoms with Crippen molar-refractivity contribution in [3.8, 4) is 12.1 Å². The second-order valence-electron chi connectivity index (χ2n) is 4.91. The number of hydrogen-bond donors (Lipinski definition) is 0. The summed E-state index contributed by atoms with van der Waals surface area (Å²) in [5.41, 5.74) is 3.59. The third kappa shape index (κ3) is 5.53. The van der Waals surface area contributed by atoms with E-state index in [0.717, 1.165) is 24.0 Å². The maximum atomic E-state index is 8.73. The first-order valence-corrected chi connectivity index (χ1v) is 7.25. The second kappa shape index (κ2) is 8.87. The molecule has 0 aliphatic heterocycles. The molecule has 0 radical (unpaired) electrons. The van der Waals surface area contributed by atoms with E-state index in [1.165, 1.54) is 0 Å². The first kappa shape index (κ1) is 16.1. The number of ether oxygens (including phenoxy) is 1. The van der Waals surface area contributed by atoms with Gasteiger partial charge in [-0.25, -0.2) is 0 Å². The normalized spacial score (nSPS) is 10.5. The van der Waals surface area contributed by atoms with Gasteiger partial charge in [0.25, 0.3) is 0 Å². The van der Waals surface area contributed by atoms with Crippen LogP contribution in [0, 0.1) is 22.7 Å². The van der Waals surface area contributed by atoms with Gasteiger partial charge in [-0.05, 0) is 60.4 Å². The Labute approximate surface area is 136 Å². The lowest BCUT2D eigenvalue weighted by Gasteiger charge is -1.97. The maximum Gasteiger partial charge on any atom is 0.0991 e. The first-order valence-electron chi connectivity index (χ1n) is 7.25. The zero-order valence-corrected chi connectivity index (χ0v) is 12.6. The van der Waals surface area contributed by atoms with E-state index in [1.807, 2.05) is 60.7 Å². The van der Waals surface area contributed by atoms with Crippen LogP contribution in [0.4, 0.5) is 0 Å². The summed E-state index contributed by atoms with van der Waals surface area (Å²) >= 11 is 0. The highest BCUT2D eigenvalue weighted by Crippen LogP contribution is 2.06. The maximum absolute atomic E-state index is 8.73. The summed E-state index contributed by atoms with van der Waals surface area (Å²) in [7, 11) is 0. The Morgan fingerprint density at radius 2 is 1.09 bits per heavy atom. The summed E-state index contributed by atoms with van der Waals surface area (Å²) < 4.78 is 5.30. The van der Waals surface area contributed by atoms with Gasteiger partial charge in [-0.15, -0.1) is 0 Å². The number of rotatable bonds is 6. The van der Waals surface area contributed by atoms with Crippen molar-refractivity contribution in [1.29, 1.82) is 10.5 Å². The van der Waals surface area contributed by atoms with Crippen molar-refractivity contribution in [3.05, 3.63) is 95.5 Å². The quantitative estimate of drug-likeness (QED) is 0.749. The van der Waals surface area contributed by atoms with Gasteiger partial charge in [0.15, 0.2) is 0 Å². The molecule has 2 rings (SSSR count). The van der Waals surface area contributed by atoms with Crippen LogP contribution in [0.15, 0.2) is 73.2 Å². The molecule has 0 bridgehead atoms. The Morgan fingerprint density at radius 3 is 1.43 bits per heavy atom. The summed E-state index contributed by atoms with van der Waals surface area (Å²) in [6, 6.07) is 19.2. The molecule has 3 heteroatoms. The number of nitrogens with zero attached hydrogens (tertiary/aromatic N) is 2. The topological polar surface area (TPSA) is 56.8 Å². The van der Waals surface area contributed by atoms with Crippen LogP contribution < -0.4 is 0 Å². The van der Waals surface area contributed by atoms with Crippen LogP contribution in [0.1, 0.15) is 22.3 Å². The van der Waals surface area contributed by atoms with Crippen molar-refractivity contribution in [3.63, 3.8) is 0 Å². The molecule has 0 saturated carbocycles. The minimum atomic E-state index is 0.666. The molecular weight excluding hydrogens is 284 g/mol. The molecule has 23 heavy (non-hydrogen) atoms. The molecule has 0 heterocycles. The Balaban J connectivity index is 1.71. The fraction of sp³-hybridized carbons (Fsp3) is 0.100. The highest BCUT2D eigenvalue weighted by molar-refractivity contribution is 5.33. The standard InChI is InChI=1S/C20H16N2O/c21-15-19-9-5-17(6-10-19)3-1-13-23-14-2-4-18-7-11-20(16-22)12-8-18/h1-2,5-14H,3-4H2. The molecular formula is C20H16N2O. The van der Waals surface area contributed by atoms with Crippen LogP contribution in [0.25, 0.3) is 0 Å². The molecule has 0 aliphatic rings. The zero-order chi connectivity index (χ0) is 16.3. The van der Waals surface area contributed by atoms with Gasteiger partial charge in [0.2, 0.25) is 0 Å². The van der Waals surface area contributed by atoms with Gasteiger partial charge in [-0.2, -0.15) is 10.5 Å². The van der Waals surface area contributed by atoms with E-state index in [-0.39, 0.29) is 0 Å². The lowest BCUT2D eigenvalue weighted by Crippen LogP contribution is -1.82. The Hall–Kier alpha value is -3.30. The average molecular weight is 300 g/mol. The van der Waals surface area contributed by atoms with Crippen molar-refractivity contribution >= 4 is 0 Å². The van der Waals surface area contributed by atoms with Crippen LogP contribution in [0.2, 0.25) is 0 Å². The van der Waals surface area contributed by atoms with Crippen LogP contribution in [0.3, 0.4) is 0 Å². The van der Waals surface area contributed by atoms with Crippen LogP contribution in [-0.2, 0) is 17.6 Å². The average Bonchev–Trinajstić information content (AvgIpc) is 2.62. The van der Waals surface area contributed by atoms with E-state index in [9.17, 15) is 0 Å². The summed E-state index contributed by atoms with van der Waals surface area (Å²) in [4.78, 5) is 0. The molecule has 0 atom stereocenters. The Kier molecular flexibility index (Phi) is 6.20. The van der Waals surface area contributed by atoms with Crippen molar-refractivity contribution in [2.24, 2.45) is 0 Å². The Morgan fingerprint density at radius 1 is 0.696 bits per heavy atom. The molecule has 0 amide bonds. The molecule has 0 saturated heterocycles. The molecule has 2 aromatic rings. The predicted octanol–water partition coefficient (Wildman–Crippen LogP) is 4.26. The van der Waals surface area contributed by atoms with E-state index in [2.05, 4.69) is 12.1 Å². The minimum absolute atomic E-state index is 0.666. The minimum Gasteiger partial charge on any atom is -0.473 e. The summed E-state index contributed by atoms with van der Waals surface area (Å²) in [5, 5.41) is 17.5. The summed E-state index contributed by atoms with van der Waals surface area (Å²) in [5.74, 6) is 0. The third-order valence-electron chi connectivity index (χ3n) is 3.22. The summed E-state index contributed by atoms with van der Waals surface area (Å²) in [6.07, 6.45) is 8.66. The van der Waals surface area contributed by atoms with E-state index in [1.54, 1.807) is 12.5 Å². The largest absolute Gasteiger partial charge is 0.473 e. The van der Waals surface area contributed by atoms with Crippen LogP contribution >= 0.6 is 0 Å². The van der Waals surface area contributed by atoms with E-state index in [4.69, 9.17) is 15.3 Å². The number of hydrogen-bond acceptors (Lipinski definition) is 3. The Bertz CT molecular complexity index is 690. The van der Waals surface area contributed by atoms with Gasteiger partial charge in [-0.3, -0.25) is 0 Å². The molecule has 0 N–H and O–H groups in total. The van der Waals surface area contributed by atoms with Gasteiger partial charge < -0.3 is 4.74 Å². The number of allylic oxidation sites excluding steroid dienone is 2. The van der Waals surface area contributed by atoms with Gasteiger partial charge >= 0.3 is 0 Å². The fourth-order valence-electron chi connectivity index (χ4n) is 1.96. The fourth-order valence-corrected chi connectivity index (χ4v) is 1.96. The molecule has 112 valence electrons.